The van der Waals surface area contributed by atoms with E-state index in [2.05, 4.69) is 4.98 Å². The first-order valence-corrected chi connectivity index (χ1v) is 10.3. The fraction of sp³-hybridized carbons (Fsp3) is 0.130. The van der Waals surface area contributed by atoms with Crippen molar-refractivity contribution in [2.45, 2.75) is 19.4 Å². The highest BCUT2D eigenvalue weighted by Crippen LogP contribution is 2.40. The molecular formula is C23H19ClN4O5. The van der Waals surface area contributed by atoms with Gasteiger partial charge in [0, 0.05) is 28.8 Å². The average Bonchev–Trinajstić information content (AvgIpc) is 2.98. The lowest BCUT2D eigenvalue weighted by Gasteiger charge is -2.18. The highest BCUT2D eigenvalue weighted by molar-refractivity contribution is 6.31. The first-order valence-electron chi connectivity index (χ1n) is 9.95. The van der Waals surface area contributed by atoms with Crippen LogP contribution < -0.4 is 20.9 Å². The summed E-state index contributed by atoms with van der Waals surface area (Å²) in [5.41, 5.74) is 4.27. The number of carboxylic acid groups (broad SMARTS) is 1. The van der Waals surface area contributed by atoms with Crippen molar-refractivity contribution in [1.82, 2.24) is 10.4 Å². The number of ether oxygens (including phenoxy) is 1. The Balaban J connectivity index is 1.54. The SMILES string of the molecule is NNC(=O)c1cc(CCC(=O)c2ccc3c(c2)CN(C(=O)O)c2cc(Cl)ccc2O3)ccn1. The molecule has 0 aliphatic carbocycles. The number of benzene rings is 2. The van der Waals surface area contributed by atoms with Gasteiger partial charge in [-0.25, -0.2) is 10.6 Å². The summed E-state index contributed by atoms with van der Waals surface area (Å²) in [5.74, 6) is 5.30. The van der Waals surface area contributed by atoms with Gasteiger partial charge in [-0.15, -0.1) is 0 Å². The minimum atomic E-state index is -1.17. The Labute approximate surface area is 193 Å². The van der Waals surface area contributed by atoms with Crippen LogP contribution in [-0.2, 0) is 13.0 Å². The number of hydrazine groups is 1. The molecule has 2 aromatic carbocycles. The van der Waals surface area contributed by atoms with Gasteiger partial charge < -0.3 is 9.84 Å². The van der Waals surface area contributed by atoms with Gasteiger partial charge in [0.25, 0.3) is 5.91 Å². The summed E-state index contributed by atoms with van der Waals surface area (Å²) in [6.07, 6.45) is 0.896. The first-order chi connectivity index (χ1) is 15.9. The van der Waals surface area contributed by atoms with Crippen molar-refractivity contribution in [1.29, 1.82) is 0 Å². The third-order valence-electron chi connectivity index (χ3n) is 5.20. The van der Waals surface area contributed by atoms with Crippen LogP contribution in [0.2, 0.25) is 5.02 Å². The Morgan fingerprint density at radius 3 is 2.67 bits per heavy atom. The molecule has 0 saturated heterocycles. The zero-order valence-corrected chi connectivity index (χ0v) is 18.0. The van der Waals surface area contributed by atoms with Gasteiger partial charge in [-0.05, 0) is 60.5 Å². The monoisotopic (exact) mass is 466 g/mol. The van der Waals surface area contributed by atoms with Crippen LogP contribution in [0.15, 0.2) is 54.7 Å². The van der Waals surface area contributed by atoms with E-state index >= 15 is 0 Å². The van der Waals surface area contributed by atoms with Gasteiger partial charge in [0.05, 0.1) is 12.2 Å². The molecule has 9 nitrogen and oxygen atoms in total. The second-order valence-electron chi connectivity index (χ2n) is 7.35. The number of rotatable bonds is 5. The Morgan fingerprint density at radius 1 is 1.12 bits per heavy atom. The number of nitrogens with one attached hydrogen (secondary N) is 1. The molecule has 0 bridgehead atoms. The van der Waals surface area contributed by atoms with E-state index in [9.17, 15) is 19.5 Å². The van der Waals surface area contributed by atoms with Crippen LogP contribution in [0.3, 0.4) is 0 Å². The number of carbonyl (C=O) groups is 3. The number of carbonyl (C=O) groups excluding carboxylic acids is 2. The van der Waals surface area contributed by atoms with Crippen molar-refractivity contribution in [3.05, 3.63) is 82.1 Å². The van der Waals surface area contributed by atoms with Crippen molar-refractivity contribution in [3.8, 4) is 11.5 Å². The Hall–Kier alpha value is -3.95. The largest absolute Gasteiger partial charge is 0.465 e. The number of aryl methyl sites for hydroxylation is 1. The van der Waals surface area contributed by atoms with Crippen LogP contribution in [0.25, 0.3) is 0 Å². The molecular weight excluding hydrogens is 448 g/mol. The maximum Gasteiger partial charge on any atom is 0.412 e. The predicted octanol–water partition coefficient (Wildman–Crippen LogP) is 3.94. The third-order valence-corrected chi connectivity index (χ3v) is 5.44. The van der Waals surface area contributed by atoms with Gasteiger partial charge in [-0.3, -0.25) is 24.9 Å². The summed E-state index contributed by atoms with van der Waals surface area (Å²) in [6.45, 7) is 0.00104. The van der Waals surface area contributed by atoms with Crippen LogP contribution in [0.5, 0.6) is 11.5 Å². The lowest BCUT2D eigenvalue weighted by molar-refractivity contribution is 0.0947. The van der Waals surface area contributed by atoms with E-state index < -0.39 is 12.0 Å². The highest BCUT2D eigenvalue weighted by atomic mass is 35.5. The number of nitrogens with two attached hydrogens (primary N) is 1. The fourth-order valence-corrected chi connectivity index (χ4v) is 3.70. The summed E-state index contributed by atoms with van der Waals surface area (Å²) in [4.78, 5) is 41.4. The zero-order chi connectivity index (χ0) is 23.5. The highest BCUT2D eigenvalue weighted by Gasteiger charge is 2.26. The third kappa shape index (κ3) is 4.79. The lowest BCUT2D eigenvalue weighted by Crippen LogP contribution is -2.30. The number of aromatic nitrogens is 1. The van der Waals surface area contributed by atoms with E-state index in [0.717, 1.165) is 10.5 Å². The van der Waals surface area contributed by atoms with Crippen LogP contribution in [-0.4, -0.2) is 27.9 Å². The summed E-state index contributed by atoms with van der Waals surface area (Å²) in [7, 11) is 0. The normalized spacial score (nSPS) is 12.1. The number of nitrogens with zero attached hydrogens (tertiary/aromatic N) is 2. The number of hydrogen-bond acceptors (Lipinski definition) is 6. The molecule has 1 aliphatic heterocycles. The fourth-order valence-electron chi connectivity index (χ4n) is 3.54. The van der Waals surface area contributed by atoms with Crippen molar-refractivity contribution in [3.63, 3.8) is 0 Å². The maximum absolute atomic E-state index is 12.8. The molecule has 0 unspecified atom stereocenters. The second-order valence-corrected chi connectivity index (χ2v) is 7.79. The van der Waals surface area contributed by atoms with Gasteiger partial charge in [0.1, 0.15) is 11.4 Å². The molecule has 2 heterocycles. The summed E-state index contributed by atoms with van der Waals surface area (Å²) in [6, 6.07) is 13.0. The molecule has 33 heavy (non-hydrogen) atoms. The molecule has 168 valence electrons. The van der Waals surface area contributed by atoms with E-state index in [0.29, 0.717) is 39.8 Å². The minimum absolute atomic E-state index is 0.00104. The number of anilines is 1. The van der Waals surface area contributed by atoms with Crippen LogP contribution in [0.4, 0.5) is 10.5 Å². The number of nitrogen functional groups attached to an aromatic ring is 1. The number of halogens is 1. The topological polar surface area (TPSA) is 135 Å². The minimum Gasteiger partial charge on any atom is -0.465 e. The van der Waals surface area contributed by atoms with E-state index in [4.69, 9.17) is 22.2 Å². The van der Waals surface area contributed by atoms with Gasteiger partial charge in [0.2, 0.25) is 0 Å². The number of fused-ring (bicyclic) bond motifs is 2. The molecule has 0 saturated carbocycles. The average molecular weight is 467 g/mol. The first kappa shape index (κ1) is 22.3. The van der Waals surface area contributed by atoms with Crippen molar-refractivity contribution in [2.24, 2.45) is 5.84 Å². The molecule has 2 amide bonds. The number of ketones is 1. The number of Topliss-reactive ketones (excluding diaryl/α,β-unsaturated/α-hetero) is 1. The molecule has 0 spiro atoms. The Kier molecular flexibility index (Phi) is 6.25. The van der Waals surface area contributed by atoms with Crippen molar-refractivity contribution in [2.75, 3.05) is 4.90 Å². The smallest absolute Gasteiger partial charge is 0.412 e. The van der Waals surface area contributed by atoms with Crippen LogP contribution >= 0.6 is 11.6 Å². The molecule has 0 atom stereocenters. The predicted molar refractivity (Wildman–Crippen MR) is 121 cm³/mol. The lowest BCUT2D eigenvalue weighted by atomic mass is 10.0. The second kappa shape index (κ2) is 9.27. The zero-order valence-electron chi connectivity index (χ0n) is 17.2. The molecule has 0 fully saturated rings. The van der Waals surface area contributed by atoms with Crippen LogP contribution in [0.1, 0.15) is 38.4 Å². The van der Waals surface area contributed by atoms with Gasteiger partial charge >= 0.3 is 6.09 Å². The quantitative estimate of drug-likeness (QED) is 0.224. The number of amides is 2. The number of pyridine rings is 1. The molecule has 3 aromatic rings. The molecule has 0 radical (unpaired) electrons. The summed E-state index contributed by atoms with van der Waals surface area (Å²) >= 11 is 6.05. The Morgan fingerprint density at radius 2 is 1.91 bits per heavy atom. The summed E-state index contributed by atoms with van der Waals surface area (Å²) < 4.78 is 5.92. The van der Waals surface area contributed by atoms with Gasteiger partial charge in [-0.2, -0.15) is 0 Å². The van der Waals surface area contributed by atoms with E-state index in [1.54, 1.807) is 42.5 Å². The van der Waals surface area contributed by atoms with E-state index in [-0.39, 0.29) is 24.4 Å². The molecule has 1 aliphatic rings. The standard InChI is InChI=1S/C23H19ClN4O5/c24-16-3-6-21-18(11-16)28(23(31)32)12-15-10-14(2-5-20(15)33-21)19(29)4-1-13-7-8-26-17(9-13)22(30)27-25/h2-3,5-11H,1,4,12,25H2,(H,27,30)(H,31,32). The van der Waals surface area contributed by atoms with Crippen molar-refractivity contribution >= 4 is 35.1 Å². The van der Waals surface area contributed by atoms with E-state index in [1.165, 1.54) is 12.3 Å². The Bertz CT molecular complexity index is 1260. The molecule has 4 N–H and O–H groups in total. The van der Waals surface area contributed by atoms with Gasteiger partial charge in [0.15, 0.2) is 11.5 Å². The molecule has 1 aromatic heterocycles. The molecule has 4 rings (SSSR count). The van der Waals surface area contributed by atoms with Gasteiger partial charge in [-0.1, -0.05) is 11.6 Å². The maximum atomic E-state index is 12.8. The molecule has 10 heteroatoms. The van der Waals surface area contributed by atoms with Crippen LogP contribution in [0, 0.1) is 0 Å². The number of hydrogen-bond donors (Lipinski definition) is 3. The van der Waals surface area contributed by atoms with E-state index in [1.807, 2.05) is 5.43 Å². The summed E-state index contributed by atoms with van der Waals surface area (Å²) in [5, 5.41) is 10.1. The van der Waals surface area contributed by atoms with Crippen molar-refractivity contribution < 1.29 is 24.2 Å².